The number of aliphatic hydroxyl groups is 1. The third-order valence-electron chi connectivity index (χ3n) is 3.59. The summed E-state index contributed by atoms with van der Waals surface area (Å²) in [6, 6.07) is 13.8. The van der Waals surface area contributed by atoms with E-state index < -0.39 is 12.1 Å². The number of carbonyl (C=O) groups excluding carboxylic acids is 1. The summed E-state index contributed by atoms with van der Waals surface area (Å²) < 4.78 is 5.28. The van der Waals surface area contributed by atoms with Crippen LogP contribution in [0.4, 0.5) is 5.69 Å². The summed E-state index contributed by atoms with van der Waals surface area (Å²) in [6.45, 7) is 1.61. The fourth-order valence-corrected chi connectivity index (χ4v) is 2.78. The van der Waals surface area contributed by atoms with E-state index in [1.54, 1.807) is 49.4 Å². The molecule has 6 heteroatoms. The average molecular weight is 362 g/mol. The highest BCUT2D eigenvalue weighted by Crippen LogP contribution is 2.35. The van der Waals surface area contributed by atoms with Crippen molar-refractivity contribution in [1.82, 2.24) is 0 Å². The zero-order valence-corrected chi connectivity index (χ0v) is 14.2. The van der Waals surface area contributed by atoms with Crippen LogP contribution in [0.1, 0.15) is 18.6 Å². The minimum atomic E-state index is -0.825. The fraction of sp³-hybridized carbons (Fsp3) is 0.111. The van der Waals surface area contributed by atoms with Crippen LogP contribution in [0.15, 0.2) is 64.9 Å². The molecule has 2 aromatic rings. The van der Waals surface area contributed by atoms with Crippen LogP contribution in [0.3, 0.4) is 0 Å². The van der Waals surface area contributed by atoms with Crippen molar-refractivity contribution in [2.45, 2.75) is 13.0 Å². The fourth-order valence-electron chi connectivity index (χ4n) is 2.45. The Labute approximate surface area is 149 Å². The molecular formula is C18H13Cl2NO3. The SMILES string of the molecule is CC(=Nc1cc(Cl)ccc1Cl)C1=C(O)[C@H](c2ccccc2)OC1=O. The molecular weight excluding hydrogens is 349 g/mol. The maximum atomic E-state index is 12.2. The number of benzene rings is 2. The Balaban J connectivity index is 2.00. The lowest BCUT2D eigenvalue weighted by Crippen LogP contribution is -2.07. The Morgan fingerprint density at radius 1 is 1.17 bits per heavy atom. The van der Waals surface area contributed by atoms with E-state index >= 15 is 0 Å². The van der Waals surface area contributed by atoms with Crippen LogP contribution < -0.4 is 0 Å². The Bertz CT molecular complexity index is 860. The summed E-state index contributed by atoms with van der Waals surface area (Å²) >= 11 is 12.0. The largest absolute Gasteiger partial charge is 0.507 e. The van der Waals surface area contributed by atoms with Crippen LogP contribution in [0.5, 0.6) is 0 Å². The van der Waals surface area contributed by atoms with Crippen molar-refractivity contribution in [3.63, 3.8) is 0 Å². The lowest BCUT2D eigenvalue weighted by atomic mass is 10.0. The number of ether oxygens (including phenoxy) is 1. The predicted molar refractivity (Wildman–Crippen MR) is 94.2 cm³/mol. The van der Waals surface area contributed by atoms with Gasteiger partial charge in [0.1, 0.15) is 5.57 Å². The highest BCUT2D eigenvalue weighted by molar-refractivity contribution is 6.35. The van der Waals surface area contributed by atoms with E-state index in [0.29, 0.717) is 27.0 Å². The number of halogens is 2. The zero-order valence-electron chi connectivity index (χ0n) is 12.7. The molecule has 0 amide bonds. The van der Waals surface area contributed by atoms with Crippen LogP contribution in [-0.2, 0) is 9.53 Å². The van der Waals surface area contributed by atoms with Crippen molar-refractivity contribution >= 4 is 40.6 Å². The number of hydrogen-bond donors (Lipinski definition) is 1. The van der Waals surface area contributed by atoms with Crippen LogP contribution in [0.25, 0.3) is 0 Å². The maximum absolute atomic E-state index is 12.2. The van der Waals surface area contributed by atoms with Crippen LogP contribution in [0, 0.1) is 0 Å². The first-order valence-corrected chi connectivity index (χ1v) is 7.92. The maximum Gasteiger partial charge on any atom is 0.344 e. The molecule has 1 aliphatic heterocycles. The van der Waals surface area contributed by atoms with Gasteiger partial charge in [-0.15, -0.1) is 0 Å². The van der Waals surface area contributed by atoms with Gasteiger partial charge in [-0.05, 0) is 25.1 Å². The molecule has 1 atom stereocenters. The molecule has 3 rings (SSSR count). The second-order valence-corrected chi connectivity index (χ2v) is 6.09. The molecule has 122 valence electrons. The van der Waals surface area contributed by atoms with Crippen LogP contribution >= 0.6 is 23.2 Å². The van der Waals surface area contributed by atoms with Gasteiger partial charge in [0, 0.05) is 10.6 Å². The molecule has 1 aliphatic rings. The second-order valence-electron chi connectivity index (χ2n) is 5.25. The second kappa shape index (κ2) is 6.67. The lowest BCUT2D eigenvalue weighted by Gasteiger charge is -2.09. The molecule has 0 saturated heterocycles. The van der Waals surface area contributed by atoms with Crippen molar-refractivity contribution in [2.75, 3.05) is 0 Å². The highest BCUT2D eigenvalue weighted by atomic mass is 35.5. The molecule has 0 spiro atoms. The van der Waals surface area contributed by atoms with Gasteiger partial charge in [-0.2, -0.15) is 0 Å². The Morgan fingerprint density at radius 3 is 2.58 bits per heavy atom. The standard InChI is InChI=1S/C18H13Cl2NO3/c1-10(21-14-9-12(19)7-8-13(14)20)15-16(22)17(24-18(15)23)11-5-3-2-4-6-11/h2-9,17,22H,1H3/t17-/m0/s1. The van der Waals surface area contributed by atoms with Crippen molar-refractivity contribution in [2.24, 2.45) is 4.99 Å². The van der Waals surface area contributed by atoms with E-state index in [1.807, 2.05) is 6.07 Å². The number of esters is 1. The molecule has 0 radical (unpaired) electrons. The van der Waals surface area contributed by atoms with Gasteiger partial charge >= 0.3 is 5.97 Å². The minimum absolute atomic E-state index is 0.0416. The lowest BCUT2D eigenvalue weighted by molar-refractivity contribution is -0.140. The summed E-state index contributed by atoms with van der Waals surface area (Å²) in [4.78, 5) is 16.5. The third-order valence-corrected chi connectivity index (χ3v) is 4.15. The van der Waals surface area contributed by atoms with Crippen LogP contribution in [-0.4, -0.2) is 16.8 Å². The molecule has 0 bridgehead atoms. The third kappa shape index (κ3) is 3.16. The predicted octanol–water partition coefficient (Wildman–Crippen LogP) is 5.20. The van der Waals surface area contributed by atoms with E-state index in [2.05, 4.69) is 4.99 Å². The van der Waals surface area contributed by atoms with Gasteiger partial charge in [0.05, 0.1) is 16.4 Å². The Kier molecular flexibility index (Phi) is 4.60. The van der Waals surface area contributed by atoms with E-state index in [-0.39, 0.29) is 11.3 Å². The monoisotopic (exact) mass is 361 g/mol. The smallest absolute Gasteiger partial charge is 0.344 e. The first kappa shape index (κ1) is 16.6. The normalized spacial score (nSPS) is 18.0. The average Bonchev–Trinajstić information content (AvgIpc) is 2.86. The van der Waals surface area contributed by atoms with Crippen molar-refractivity contribution in [3.05, 3.63) is 75.5 Å². The van der Waals surface area contributed by atoms with Crippen molar-refractivity contribution in [3.8, 4) is 0 Å². The van der Waals surface area contributed by atoms with Crippen molar-refractivity contribution < 1.29 is 14.6 Å². The van der Waals surface area contributed by atoms with E-state index in [1.165, 1.54) is 0 Å². The topological polar surface area (TPSA) is 58.9 Å². The van der Waals surface area contributed by atoms with Crippen molar-refractivity contribution in [1.29, 1.82) is 0 Å². The minimum Gasteiger partial charge on any atom is -0.507 e. The molecule has 0 fully saturated rings. The summed E-state index contributed by atoms with van der Waals surface area (Å²) in [6.07, 6.45) is -0.825. The molecule has 24 heavy (non-hydrogen) atoms. The van der Waals surface area contributed by atoms with Crippen LogP contribution in [0.2, 0.25) is 10.0 Å². The van der Waals surface area contributed by atoms with E-state index in [0.717, 1.165) is 0 Å². The van der Waals surface area contributed by atoms with Gasteiger partial charge < -0.3 is 9.84 Å². The van der Waals surface area contributed by atoms with Gasteiger partial charge in [-0.1, -0.05) is 53.5 Å². The number of nitrogens with zero attached hydrogens (tertiary/aromatic N) is 1. The quantitative estimate of drug-likeness (QED) is 0.603. The van der Waals surface area contributed by atoms with Gasteiger partial charge in [0.25, 0.3) is 0 Å². The molecule has 1 N–H and O–H groups in total. The van der Waals surface area contributed by atoms with Gasteiger partial charge in [-0.3, -0.25) is 4.99 Å². The van der Waals surface area contributed by atoms with Gasteiger partial charge in [0.15, 0.2) is 11.9 Å². The highest BCUT2D eigenvalue weighted by Gasteiger charge is 2.36. The Morgan fingerprint density at radius 2 is 1.88 bits per heavy atom. The number of rotatable bonds is 3. The molecule has 0 unspecified atom stereocenters. The van der Waals surface area contributed by atoms with E-state index in [9.17, 15) is 9.90 Å². The summed E-state index contributed by atoms with van der Waals surface area (Å²) in [5.41, 5.74) is 1.45. The summed E-state index contributed by atoms with van der Waals surface area (Å²) in [5.74, 6) is -0.786. The molecule has 0 aliphatic carbocycles. The molecule has 0 aromatic heterocycles. The van der Waals surface area contributed by atoms with Gasteiger partial charge in [-0.25, -0.2) is 4.79 Å². The summed E-state index contributed by atoms with van der Waals surface area (Å²) in [7, 11) is 0. The van der Waals surface area contributed by atoms with Gasteiger partial charge in [0.2, 0.25) is 0 Å². The number of carbonyl (C=O) groups is 1. The number of hydrogen-bond acceptors (Lipinski definition) is 4. The number of cyclic esters (lactones) is 1. The molecule has 4 nitrogen and oxygen atoms in total. The Hall–Kier alpha value is -2.30. The number of aliphatic hydroxyl groups excluding tert-OH is 1. The van der Waals surface area contributed by atoms with E-state index in [4.69, 9.17) is 27.9 Å². The first-order valence-electron chi connectivity index (χ1n) is 7.17. The molecule has 2 aromatic carbocycles. The summed E-state index contributed by atoms with van der Waals surface area (Å²) in [5, 5.41) is 11.3. The number of aliphatic imine (C=N–C) groups is 1. The zero-order chi connectivity index (χ0) is 17.3. The molecule has 0 saturated carbocycles. The molecule has 1 heterocycles. The first-order chi connectivity index (χ1) is 11.5.